The van der Waals surface area contributed by atoms with Crippen molar-refractivity contribution in [2.75, 3.05) is 40.3 Å². The van der Waals surface area contributed by atoms with Gasteiger partial charge < -0.3 is 20.1 Å². The number of hydrogen-bond acceptors (Lipinski definition) is 6. The molecule has 3 heterocycles. The van der Waals surface area contributed by atoms with E-state index in [2.05, 4.69) is 34.3 Å². The number of aliphatic hydroxyl groups excluding tert-OH is 1. The SMILES string of the molecule is COc1ccc(CN2CC[C@@H]3[C@H]2C(=O)NC[C@H](CCC(=O)N2CCC(O)CC2)N3C)cc1. The fraction of sp³-hybridized carbons (Fsp3) is 0.667. The highest BCUT2D eigenvalue weighted by atomic mass is 16.5. The Morgan fingerprint density at radius 1 is 1.16 bits per heavy atom. The van der Waals surface area contributed by atoms with Crippen LogP contribution in [-0.4, -0.2) is 96.2 Å². The molecule has 0 spiro atoms. The molecule has 3 atom stereocenters. The fourth-order valence-electron chi connectivity index (χ4n) is 5.36. The van der Waals surface area contributed by atoms with Crippen molar-refractivity contribution in [2.24, 2.45) is 0 Å². The van der Waals surface area contributed by atoms with E-state index in [9.17, 15) is 14.7 Å². The standard InChI is InChI=1S/C24H36N4O4/c1-26-18(5-8-22(30)27-12-9-19(29)10-13-27)15-25-24(31)23-21(26)11-14-28(23)16-17-3-6-20(32-2)7-4-17/h3-4,6-7,18-19,21,23,29H,5,8-16H2,1-2H3,(H,25,31)/t18-,21+,23-/m0/s1. The van der Waals surface area contributed by atoms with Gasteiger partial charge in [0.05, 0.1) is 13.2 Å². The molecule has 1 aromatic carbocycles. The van der Waals surface area contributed by atoms with Crippen LogP contribution < -0.4 is 10.1 Å². The molecule has 3 saturated heterocycles. The highest BCUT2D eigenvalue weighted by Crippen LogP contribution is 2.29. The summed E-state index contributed by atoms with van der Waals surface area (Å²) in [6.07, 6.45) is 3.21. The maximum atomic E-state index is 13.0. The number of methoxy groups -OCH3 is 1. The second-order valence-corrected chi connectivity index (χ2v) is 9.33. The lowest BCUT2D eigenvalue weighted by Gasteiger charge is -2.34. The van der Waals surface area contributed by atoms with Gasteiger partial charge in [-0.15, -0.1) is 0 Å². The zero-order valence-electron chi connectivity index (χ0n) is 19.2. The summed E-state index contributed by atoms with van der Waals surface area (Å²) in [7, 11) is 3.76. The average molecular weight is 445 g/mol. The molecule has 3 fully saturated rings. The van der Waals surface area contributed by atoms with Gasteiger partial charge in [-0.25, -0.2) is 0 Å². The van der Waals surface area contributed by atoms with Gasteiger partial charge in [0.25, 0.3) is 0 Å². The van der Waals surface area contributed by atoms with Crippen molar-refractivity contribution in [1.29, 1.82) is 0 Å². The molecular weight excluding hydrogens is 408 g/mol. The Hall–Kier alpha value is -2.16. The number of likely N-dealkylation sites (N-methyl/N-ethyl adjacent to an activating group) is 1. The monoisotopic (exact) mass is 444 g/mol. The zero-order chi connectivity index (χ0) is 22.7. The highest BCUT2D eigenvalue weighted by Gasteiger charge is 2.45. The van der Waals surface area contributed by atoms with Gasteiger partial charge in [-0.05, 0) is 50.4 Å². The van der Waals surface area contributed by atoms with Crippen molar-refractivity contribution >= 4 is 11.8 Å². The normalized spacial score (nSPS) is 27.7. The van der Waals surface area contributed by atoms with Crippen LogP contribution in [0.2, 0.25) is 0 Å². The van der Waals surface area contributed by atoms with Crippen molar-refractivity contribution in [3.63, 3.8) is 0 Å². The number of carbonyl (C=O) groups is 2. The molecule has 3 aliphatic heterocycles. The second-order valence-electron chi connectivity index (χ2n) is 9.33. The number of amides is 2. The summed E-state index contributed by atoms with van der Waals surface area (Å²) in [4.78, 5) is 32.1. The number of benzene rings is 1. The Bertz CT molecular complexity index is 794. The third-order valence-electron chi connectivity index (χ3n) is 7.40. The Balaban J connectivity index is 1.35. The summed E-state index contributed by atoms with van der Waals surface area (Å²) in [5.74, 6) is 1.08. The number of nitrogens with zero attached hydrogens (tertiary/aromatic N) is 3. The largest absolute Gasteiger partial charge is 0.497 e. The van der Waals surface area contributed by atoms with Gasteiger partial charge in [0.1, 0.15) is 11.8 Å². The first-order valence-corrected chi connectivity index (χ1v) is 11.8. The summed E-state index contributed by atoms with van der Waals surface area (Å²) in [5, 5.41) is 12.8. The molecule has 0 aliphatic carbocycles. The van der Waals surface area contributed by atoms with E-state index in [1.165, 1.54) is 5.56 Å². The van der Waals surface area contributed by atoms with Crippen LogP contribution in [-0.2, 0) is 16.1 Å². The number of ether oxygens (including phenoxy) is 1. The van der Waals surface area contributed by atoms with Crippen LogP contribution in [0.3, 0.4) is 0 Å². The lowest BCUT2D eigenvalue weighted by Crippen LogP contribution is -2.49. The van der Waals surface area contributed by atoms with E-state index >= 15 is 0 Å². The zero-order valence-corrected chi connectivity index (χ0v) is 19.2. The predicted octanol–water partition coefficient (Wildman–Crippen LogP) is 0.832. The van der Waals surface area contributed by atoms with Crippen LogP contribution in [0.15, 0.2) is 24.3 Å². The minimum Gasteiger partial charge on any atom is -0.497 e. The van der Waals surface area contributed by atoms with E-state index in [1.54, 1.807) is 7.11 Å². The first-order chi connectivity index (χ1) is 15.5. The molecule has 0 saturated carbocycles. The quantitative estimate of drug-likeness (QED) is 0.676. The molecule has 1 aromatic rings. The third-order valence-corrected chi connectivity index (χ3v) is 7.40. The first kappa shape index (κ1) is 23.0. The molecule has 0 bridgehead atoms. The Morgan fingerprint density at radius 2 is 1.88 bits per heavy atom. The van der Waals surface area contributed by atoms with E-state index in [-0.39, 0.29) is 36.0 Å². The van der Waals surface area contributed by atoms with E-state index in [4.69, 9.17) is 4.74 Å². The predicted molar refractivity (Wildman–Crippen MR) is 121 cm³/mol. The minimum absolute atomic E-state index is 0.0895. The minimum atomic E-state index is -0.276. The Morgan fingerprint density at radius 3 is 2.56 bits per heavy atom. The van der Waals surface area contributed by atoms with Crippen molar-refractivity contribution < 1.29 is 19.4 Å². The Kier molecular flexibility index (Phi) is 7.33. The van der Waals surface area contributed by atoms with Gasteiger partial charge in [0, 0.05) is 51.2 Å². The third kappa shape index (κ3) is 5.08. The molecule has 0 radical (unpaired) electrons. The summed E-state index contributed by atoms with van der Waals surface area (Å²) >= 11 is 0. The molecule has 0 aromatic heterocycles. The second kappa shape index (κ2) is 10.2. The molecule has 0 unspecified atom stereocenters. The molecule has 3 aliphatic rings. The topological polar surface area (TPSA) is 85.3 Å². The highest BCUT2D eigenvalue weighted by molar-refractivity contribution is 5.83. The molecule has 2 amide bonds. The Labute approximate surface area is 190 Å². The number of likely N-dealkylation sites (tertiary alicyclic amines) is 2. The van der Waals surface area contributed by atoms with Crippen LogP contribution in [0, 0.1) is 0 Å². The number of rotatable bonds is 6. The summed E-state index contributed by atoms with van der Waals surface area (Å²) in [6.45, 7) is 3.46. The number of fused-ring (bicyclic) bond motifs is 1. The van der Waals surface area contributed by atoms with Crippen molar-refractivity contribution in [3.8, 4) is 5.75 Å². The molecule has 32 heavy (non-hydrogen) atoms. The van der Waals surface area contributed by atoms with Crippen molar-refractivity contribution in [2.45, 2.75) is 62.9 Å². The van der Waals surface area contributed by atoms with Gasteiger partial charge in [0.15, 0.2) is 0 Å². The number of aliphatic hydroxyl groups is 1. The van der Waals surface area contributed by atoms with Gasteiger partial charge in [-0.3, -0.25) is 19.4 Å². The van der Waals surface area contributed by atoms with Crippen molar-refractivity contribution in [1.82, 2.24) is 20.0 Å². The van der Waals surface area contributed by atoms with E-state index in [1.807, 2.05) is 17.0 Å². The number of carbonyl (C=O) groups excluding carboxylic acids is 2. The molecule has 4 rings (SSSR count). The molecule has 2 N–H and O–H groups in total. The van der Waals surface area contributed by atoms with Crippen molar-refractivity contribution in [3.05, 3.63) is 29.8 Å². The smallest absolute Gasteiger partial charge is 0.239 e. The number of piperidine rings is 1. The van der Waals surface area contributed by atoms with Gasteiger partial charge >= 0.3 is 0 Å². The first-order valence-electron chi connectivity index (χ1n) is 11.8. The molecule has 8 heteroatoms. The van der Waals surface area contributed by atoms with Crippen LogP contribution in [0.5, 0.6) is 5.75 Å². The molecular formula is C24H36N4O4. The lowest BCUT2D eigenvalue weighted by molar-refractivity contribution is -0.133. The lowest BCUT2D eigenvalue weighted by atomic mass is 10.0. The number of hydrogen-bond donors (Lipinski definition) is 2. The van der Waals surface area contributed by atoms with E-state index in [0.29, 0.717) is 38.9 Å². The van der Waals surface area contributed by atoms with Crippen LogP contribution in [0.25, 0.3) is 0 Å². The molecule has 8 nitrogen and oxygen atoms in total. The van der Waals surface area contributed by atoms with E-state index < -0.39 is 0 Å². The summed E-state index contributed by atoms with van der Waals surface area (Å²) < 4.78 is 5.25. The van der Waals surface area contributed by atoms with Gasteiger partial charge in [0.2, 0.25) is 11.8 Å². The van der Waals surface area contributed by atoms with E-state index in [0.717, 1.165) is 31.7 Å². The van der Waals surface area contributed by atoms with Gasteiger partial charge in [-0.1, -0.05) is 12.1 Å². The van der Waals surface area contributed by atoms with Crippen LogP contribution in [0.1, 0.15) is 37.7 Å². The molecule has 176 valence electrons. The summed E-state index contributed by atoms with van der Waals surface area (Å²) in [6, 6.07) is 8.15. The van der Waals surface area contributed by atoms with Crippen LogP contribution >= 0.6 is 0 Å². The number of nitrogens with one attached hydrogen (secondary N) is 1. The maximum Gasteiger partial charge on any atom is 0.239 e. The average Bonchev–Trinajstić information content (AvgIpc) is 3.18. The van der Waals surface area contributed by atoms with Crippen LogP contribution in [0.4, 0.5) is 0 Å². The fourth-order valence-corrected chi connectivity index (χ4v) is 5.36. The summed E-state index contributed by atoms with van der Waals surface area (Å²) in [5.41, 5.74) is 1.17. The maximum absolute atomic E-state index is 13.0. The van der Waals surface area contributed by atoms with Gasteiger partial charge in [-0.2, -0.15) is 0 Å².